The van der Waals surface area contributed by atoms with Gasteiger partial charge in [0.15, 0.2) is 11.5 Å². The van der Waals surface area contributed by atoms with E-state index in [4.69, 9.17) is 9.47 Å². The molecule has 1 saturated carbocycles. The smallest absolute Gasteiger partial charge is 0.258 e. The molecular formula is C18H23NO4. The fourth-order valence-corrected chi connectivity index (χ4v) is 4.85. The maximum Gasteiger partial charge on any atom is 0.258 e. The van der Waals surface area contributed by atoms with Crippen molar-refractivity contribution in [2.45, 2.75) is 43.7 Å². The molecule has 1 amide bonds. The summed E-state index contributed by atoms with van der Waals surface area (Å²) in [4.78, 5) is 14.9. The number of hydrogen-bond donors (Lipinski definition) is 1. The number of rotatable bonds is 2. The number of methoxy groups -OCH3 is 2. The van der Waals surface area contributed by atoms with Gasteiger partial charge in [-0.25, -0.2) is 0 Å². The summed E-state index contributed by atoms with van der Waals surface area (Å²) in [5, 5.41) is 11.1. The van der Waals surface area contributed by atoms with Gasteiger partial charge in [0.05, 0.1) is 31.4 Å². The SMILES string of the molecule is COc1ccc2c(c1OC)C(=O)N1CC[C@]3(O)CCCC[C@H]3[C@@H]21. The van der Waals surface area contributed by atoms with Crippen molar-refractivity contribution in [3.05, 3.63) is 23.3 Å². The third kappa shape index (κ3) is 1.92. The molecule has 23 heavy (non-hydrogen) atoms. The number of benzene rings is 1. The Hall–Kier alpha value is -1.75. The van der Waals surface area contributed by atoms with E-state index < -0.39 is 5.60 Å². The molecule has 1 aromatic carbocycles. The summed E-state index contributed by atoms with van der Waals surface area (Å²) in [5.74, 6) is 1.23. The molecule has 2 heterocycles. The molecule has 3 aliphatic rings. The average molecular weight is 317 g/mol. The number of fused-ring (bicyclic) bond motifs is 5. The molecule has 1 aliphatic carbocycles. The third-order valence-electron chi connectivity index (χ3n) is 5.94. The number of aliphatic hydroxyl groups is 1. The summed E-state index contributed by atoms with van der Waals surface area (Å²) in [6.45, 7) is 0.608. The maximum absolute atomic E-state index is 13.0. The number of piperidine rings is 1. The van der Waals surface area contributed by atoms with Gasteiger partial charge < -0.3 is 19.5 Å². The van der Waals surface area contributed by atoms with Crippen LogP contribution in [0.1, 0.15) is 54.1 Å². The van der Waals surface area contributed by atoms with Gasteiger partial charge in [-0.1, -0.05) is 18.9 Å². The predicted octanol–water partition coefficient (Wildman–Crippen LogP) is 2.53. The molecule has 0 aromatic heterocycles. The van der Waals surface area contributed by atoms with Crippen LogP contribution in [0.4, 0.5) is 0 Å². The minimum atomic E-state index is -0.630. The van der Waals surface area contributed by atoms with Crippen LogP contribution in [0.25, 0.3) is 0 Å². The highest BCUT2D eigenvalue weighted by molar-refractivity contribution is 6.02. The molecule has 3 atom stereocenters. The highest BCUT2D eigenvalue weighted by Crippen LogP contribution is 2.55. The zero-order chi connectivity index (χ0) is 16.2. The van der Waals surface area contributed by atoms with Gasteiger partial charge in [-0.2, -0.15) is 0 Å². The lowest BCUT2D eigenvalue weighted by Gasteiger charge is -2.50. The van der Waals surface area contributed by atoms with Crippen molar-refractivity contribution >= 4 is 5.91 Å². The van der Waals surface area contributed by atoms with Crippen molar-refractivity contribution in [1.29, 1.82) is 0 Å². The van der Waals surface area contributed by atoms with Crippen LogP contribution in [0.2, 0.25) is 0 Å². The van der Waals surface area contributed by atoms with Crippen molar-refractivity contribution in [3.63, 3.8) is 0 Å². The molecule has 1 N–H and O–H groups in total. The largest absolute Gasteiger partial charge is 0.493 e. The summed E-state index contributed by atoms with van der Waals surface area (Å²) in [5.41, 5.74) is 0.971. The van der Waals surface area contributed by atoms with Crippen molar-refractivity contribution in [2.24, 2.45) is 5.92 Å². The third-order valence-corrected chi connectivity index (χ3v) is 5.94. The minimum absolute atomic E-state index is 0.00775. The summed E-state index contributed by atoms with van der Waals surface area (Å²) in [7, 11) is 3.15. The standard InChI is InChI=1S/C18H23NO4/c1-22-13-7-6-11-14(16(13)23-2)17(20)19-10-9-18(21)8-4-3-5-12(18)15(11)19/h6-7,12,15,21H,3-5,8-10H2,1-2H3/t12-,15+,18+/m0/s1. The average Bonchev–Trinajstić information content (AvgIpc) is 2.86. The normalized spacial score (nSPS) is 32.1. The van der Waals surface area contributed by atoms with Gasteiger partial charge in [0.25, 0.3) is 5.91 Å². The summed E-state index contributed by atoms with van der Waals surface area (Å²) in [6.07, 6.45) is 4.69. The molecule has 2 aliphatic heterocycles. The van der Waals surface area contributed by atoms with Gasteiger partial charge in [0.1, 0.15) is 0 Å². The van der Waals surface area contributed by atoms with Gasteiger partial charge in [-0.05, 0) is 30.9 Å². The van der Waals surface area contributed by atoms with Crippen LogP contribution in [-0.4, -0.2) is 42.3 Å². The number of carbonyl (C=O) groups is 1. The number of ether oxygens (including phenoxy) is 2. The van der Waals surface area contributed by atoms with E-state index in [1.165, 1.54) is 0 Å². The zero-order valence-electron chi connectivity index (χ0n) is 13.7. The van der Waals surface area contributed by atoms with E-state index >= 15 is 0 Å². The zero-order valence-corrected chi connectivity index (χ0v) is 13.7. The Morgan fingerprint density at radius 1 is 1.22 bits per heavy atom. The number of amides is 1. The summed E-state index contributed by atoms with van der Waals surface area (Å²) >= 11 is 0. The molecule has 0 bridgehead atoms. The highest BCUT2D eigenvalue weighted by atomic mass is 16.5. The van der Waals surface area contributed by atoms with Crippen LogP contribution in [0.3, 0.4) is 0 Å². The number of hydrogen-bond acceptors (Lipinski definition) is 4. The van der Waals surface area contributed by atoms with E-state index in [9.17, 15) is 9.90 Å². The van der Waals surface area contributed by atoms with Crippen LogP contribution in [-0.2, 0) is 0 Å². The predicted molar refractivity (Wildman–Crippen MR) is 84.8 cm³/mol. The summed E-state index contributed by atoms with van der Waals surface area (Å²) < 4.78 is 10.8. The Morgan fingerprint density at radius 3 is 2.78 bits per heavy atom. The molecule has 5 nitrogen and oxygen atoms in total. The van der Waals surface area contributed by atoms with Crippen LogP contribution >= 0.6 is 0 Å². The first kappa shape index (κ1) is 14.8. The molecule has 2 fully saturated rings. The van der Waals surface area contributed by atoms with E-state index in [1.54, 1.807) is 14.2 Å². The van der Waals surface area contributed by atoms with E-state index in [0.29, 0.717) is 30.0 Å². The first-order chi connectivity index (χ1) is 11.1. The van der Waals surface area contributed by atoms with E-state index in [-0.39, 0.29) is 17.9 Å². The first-order valence-electron chi connectivity index (χ1n) is 8.39. The van der Waals surface area contributed by atoms with Crippen molar-refractivity contribution in [3.8, 4) is 11.5 Å². The molecule has 124 valence electrons. The highest BCUT2D eigenvalue weighted by Gasteiger charge is 2.54. The van der Waals surface area contributed by atoms with E-state index in [2.05, 4.69) is 0 Å². The maximum atomic E-state index is 13.0. The van der Waals surface area contributed by atoms with Crippen molar-refractivity contribution < 1.29 is 19.4 Å². The van der Waals surface area contributed by atoms with Crippen molar-refractivity contribution in [2.75, 3.05) is 20.8 Å². The Balaban J connectivity index is 1.85. The topological polar surface area (TPSA) is 59.0 Å². The second-order valence-corrected chi connectivity index (χ2v) is 6.91. The minimum Gasteiger partial charge on any atom is -0.493 e. The fraction of sp³-hybridized carbons (Fsp3) is 0.611. The van der Waals surface area contributed by atoms with E-state index in [1.807, 2.05) is 17.0 Å². The molecule has 0 unspecified atom stereocenters. The van der Waals surface area contributed by atoms with Gasteiger partial charge >= 0.3 is 0 Å². The monoisotopic (exact) mass is 317 g/mol. The quantitative estimate of drug-likeness (QED) is 0.910. The van der Waals surface area contributed by atoms with Crippen molar-refractivity contribution in [1.82, 2.24) is 4.90 Å². The summed E-state index contributed by atoms with van der Waals surface area (Å²) in [6, 6.07) is 3.81. The molecule has 5 heteroatoms. The van der Waals surface area contributed by atoms with Crippen LogP contribution in [0, 0.1) is 5.92 Å². The van der Waals surface area contributed by atoms with Gasteiger partial charge in [0.2, 0.25) is 0 Å². The first-order valence-corrected chi connectivity index (χ1v) is 8.39. The molecule has 1 saturated heterocycles. The molecule has 4 rings (SSSR count). The number of nitrogens with zero attached hydrogens (tertiary/aromatic N) is 1. The molecule has 0 spiro atoms. The Labute approximate surface area is 136 Å². The lowest BCUT2D eigenvalue weighted by atomic mass is 9.67. The lowest BCUT2D eigenvalue weighted by molar-refractivity contribution is -0.111. The van der Waals surface area contributed by atoms with Gasteiger partial charge in [0, 0.05) is 12.5 Å². The number of carbonyl (C=O) groups excluding carboxylic acids is 1. The van der Waals surface area contributed by atoms with Gasteiger partial charge in [-0.3, -0.25) is 4.79 Å². The molecule has 0 radical (unpaired) electrons. The van der Waals surface area contributed by atoms with Crippen LogP contribution in [0.5, 0.6) is 11.5 Å². The Kier molecular flexibility index (Phi) is 3.30. The Morgan fingerprint density at radius 2 is 2.04 bits per heavy atom. The van der Waals surface area contributed by atoms with Crippen LogP contribution in [0.15, 0.2) is 12.1 Å². The molecular weight excluding hydrogens is 294 g/mol. The van der Waals surface area contributed by atoms with Crippen LogP contribution < -0.4 is 9.47 Å². The fourth-order valence-electron chi connectivity index (χ4n) is 4.85. The van der Waals surface area contributed by atoms with Gasteiger partial charge in [-0.15, -0.1) is 0 Å². The molecule has 1 aromatic rings. The lowest BCUT2D eigenvalue weighted by Crippen LogP contribution is -2.54. The second kappa shape index (κ2) is 5.13. The van der Waals surface area contributed by atoms with E-state index in [0.717, 1.165) is 31.2 Å². The second-order valence-electron chi connectivity index (χ2n) is 6.91. The Bertz CT molecular complexity index is 659.